The summed E-state index contributed by atoms with van der Waals surface area (Å²) in [5.41, 5.74) is 4.19. The fraction of sp³-hybridized carbons (Fsp3) is 0.229. The standard InChI is InChI=1S/C35H35BrN2O5/c1-2-3-5-8-25-11-13-26(14-12-25)22-37-33(39)28-17-18-29(32(36)21-28)24-38(34(40)35(41)42)23-27-15-19-31(20-16-27)43-30-9-6-4-7-10-30/h4,6-7,9-21H,2-3,5,8,22-24H2,1H3,(H,37,39)(H,41,42). The molecule has 0 saturated heterocycles. The van der Waals surface area contributed by atoms with Crippen LogP contribution in [0, 0.1) is 0 Å². The van der Waals surface area contributed by atoms with E-state index < -0.39 is 11.9 Å². The summed E-state index contributed by atoms with van der Waals surface area (Å²) in [5.74, 6) is -1.45. The van der Waals surface area contributed by atoms with E-state index in [0.717, 1.165) is 17.5 Å². The molecule has 0 spiro atoms. The summed E-state index contributed by atoms with van der Waals surface area (Å²) < 4.78 is 6.42. The van der Waals surface area contributed by atoms with E-state index in [2.05, 4.69) is 40.3 Å². The maximum absolute atomic E-state index is 12.8. The molecule has 0 bridgehead atoms. The zero-order valence-electron chi connectivity index (χ0n) is 24.1. The number of carbonyl (C=O) groups excluding carboxylic acids is 2. The van der Waals surface area contributed by atoms with Crippen LogP contribution in [-0.4, -0.2) is 27.8 Å². The first-order valence-corrected chi connectivity index (χ1v) is 15.1. The van der Waals surface area contributed by atoms with E-state index in [1.54, 1.807) is 42.5 Å². The highest BCUT2D eigenvalue weighted by Crippen LogP contribution is 2.24. The Hall–Kier alpha value is -4.43. The summed E-state index contributed by atoms with van der Waals surface area (Å²) in [4.78, 5) is 38.3. The number of carbonyl (C=O) groups is 3. The zero-order valence-corrected chi connectivity index (χ0v) is 25.7. The van der Waals surface area contributed by atoms with Crippen molar-refractivity contribution in [3.8, 4) is 11.5 Å². The number of aryl methyl sites for hydroxylation is 1. The van der Waals surface area contributed by atoms with Crippen molar-refractivity contribution < 1.29 is 24.2 Å². The monoisotopic (exact) mass is 642 g/mol. The molecule has 4 rings (SSSR count). The number of halogens is 1. The van der Waals surface area contributed by atoms with Gasteiger partial charge in [-0.2, -0.15) is 0 Å². The number of nitrogens with zero attached hydrogens (tertiary/aromatic N) is 1. The summed E-state index contributed by atoms with van der Waals surface area (Å²) >= 11 is 3.50. The minimum Gasteiger partial charge on any atom is -0.474 e. The number of ether oxygens (including phenoxy) is 1. The molecule has 8 heteroatoms. The molecule has 4 aromatic carbocycles. The van der Waals surface area contributed by atoms with Crippen molar-refractivity contribution >= 4 is 33.7 Å². The van der Waals surface area contributed by atoms with Crippen LogP contribution in [-0.2, 0) is 35.6 Å². The molecule has 0 aliphatic heterocycles. The number of aliphatic carboxylic acids is 1. The van der Waals surface area contributed by atoms with Gasteiger partial charge in [-0.05, 0) is 71.5 Å². The number of carboxylic acids is 1. The Morgan fingerprint density at radius 2 is 1.44 bits per heavy atom. The van der Waals surface area contributed by atoms with Gasteiger partial charge in [-0.15, -0.1) is 0 Å². The van der Waals surface area contributed by atoms with Crippen LogP contribution in [0.1, 0.15) is 58.8 Å². The summed E-state index contributed by atoms with van der Waals surface area (Å²) in [5, 5.41) is 12.4. The van der Waals surface area contributed by atoms with Crippen molar-refractivity contribution in [3.63, 3.8) is 0 Å². The first kappa shape index (κ1) is 31.5. The van der Waals surface area contributed by atoms with Crippen LogP contribution in [0.2, 0.25) is 0 Å². The lowest BCUT2D eigenvalue weighted by Gasteiger charge is -2.22. The molecule has 0 heterocycles. The number of hydrogen-bond acceptors (Lipinski definition) is 4. The van der Waals surface area contributed by atoms with Crippen LogP contribution in [0.5, 0.6) is 11.5 Å². The summed E-state index contributed by atoms with van der Waals surface area (Å²) in [6.45, 7) is 2.73. The fourth-order valence-corrected chi connectivity index (χ4v) is 5.06. The third kappa shape index (κ3) is 9.54. The van der Waals surface area contributed by atoms with E-state index in [1.165, 1.54) is 29.7 Å². The Morgan fingerprint density at radius 3 is 2.09 bits per heavy atom. The average molecular weight is 644 g/mol. The number of benzene rings is 4. The molecule has 4 aromatic rings. The van der Waals surface area contributed by atoms with Gasteiger partial charge in [-0.1, -0.05) is 96.4 Å². The highest BCUT2D eigenvalue weighted by atomic mass is 79.9. The molecule has 0 unspecified atom stereocenters. The number of nitrogens with one attached hydrogen (secondary N) is 1. The van der Waals surface area contributed by atoms with Crippen LogP contribution >= 0.6 is 15.9 Å². The van der Waals surface area contributed by atoms with Crippen LogP contribution in [0.15, 0.2) is 102 Å². The molecule has 0 radical (unpaired) electrons. The molecule has 0 atom stereocenters. The van der Waals surface area contributed by atoms with Gasteiger partial charge in [0, 0.05) is 29.7 Å². The van der Waals surface area contributed by atoms with Gasteiger partial charge in [0.15, 0.2) is 0 Å². The lowest BCUT2D eigenvalue weighted by atomic mass is 10.1. The van der Waals surface area contributed by atoms with E-state index in [0.29, 0.717) is 33.6 Å². The molecule has 43 heavy (non-hydrogen) atoms. The number of rotatable bonds is 13. The largest absolute Gasteiger partial charge is 0.474 e. The molecule has 0 fully saturated rings. The number of hydrogen-bond donors (Lipinski definition) is 2. The number of amides is 2. The molecule has 222 valence electrons. The summed E-state index contributed by atoms with van der Waals surface area (Å²) in [6.07, 6.45) is 4.66. The predicted octanol–water partition coefficient (Wildman–Crippen LogP) is 7.52. The maximum atomic E-state index is 12.8. The van der Waals surface area contributed by atoms with Gasteiger partial charge in [0.05, 0.1) is 0 Å². The minimum atomic E-state index is -1.54. The molecule has 2 amide bonds. The van der Waals surface area contributed by atoms with Crippen molar-refractivity contribution in [2.75, 3.05) is 0 Å². The SMILES string of the molecule is CCCCCc1ccc(CNC(=O)c2ccc(CN(Cc3ccc(Oc4ccccc4)cc3)C(=O)C(=O)O)c(Br)c2)cc1. The van der Waals surface area contributed by atoms with Crippen LogP contribution < -0.4 is 10.1 Å². The second-order valence-corrected chi connectivity index (χ2v) is 11.1. The molecule has 7 nitrogen and oxygen atoms in total. The van der Waals surface area contributed by atoms with E-state index in [1.807, 2.05) is 42.5 Å². The first-order chi connectivity index (χ1) is 20.8. The Morgan fingerprint density at radius 1 is 0.791 bits per heavy atom. The number of para-hydroxylation sites is 1. The van der Waals surface area contributed by atoms with E-state index in [4.69, 9.17) is 4.74 Å². The number of unbranched alkanes of at least 4 members (excludes halogenated alkanes) is 2. The van der Waals surface area contributed by atoms with Gasteiger partial charge in [-0.3, -0.25) is 9.59 Å². The van der Waals surface area contributed by atoms with E-state index in [-0.39, 0.29) is 19.0 Å². The van der Waals surface area contributed by atoms with Crippen LogP contribution in [0.4, 0.5) is 0 Å². The lowest BCUT2D eigenvalue weighted by Crippen LogP contribution is -2.35. The lowest BCUT2D eigenvalue weighted by molar-refractivity contribution is -0.156. The van der Waals surface area contributed by atoms with Crippen molar-refractivity contribution in [1.29, 1.82) is 0 Å². The molecular weight excluding hydrogens is 608 g/mol. The minimum absolute atomic E-state index is 0.0422. The topological polar surface area (TPSA) is 95.9 Å². The van der Waals surface area contributed by atoms with Gasteiger partial charge in [0.2, 0.25) is 0 Å². The van der Waals surface area contributed by atoms with Crippen molar-refractivity contribution in [1.82, 2.24) is 10.2 Å². The van der Waals surface area contributed by atoms with Crippen LogP contribution in [0.25, 0.3) is 0 Å². The molecular formula is C35H35BrN2O5. The molecule has 0 aliphatic rings. The Bertz CT molecular complexity index is 1520. The Labute approximate surface area is 260 Å². The van der Waals surface area contributed by atoms with Gasteiger partial charge in [0.25, 0.3) is 5.91 Å². The fourth-order valence-electron chi connectivity index (χ4n) is 4.55. The normalized spacial score (nSPS) is 10.7. The molecule has 0 aliphatic carbocycles. The third-order valence-corrected chi connectivity index (χ3v) is 7.71. The van der Waals surface area contributed by atoms with Gasteiger partial charge in [0.1, 0.15) is 11.5 Å². The second kappa shape index (κ2) is 15.7. The quantitative estimate of drug-likeness (QED) is 0.116. The molecule has 2 N–H and O–H groups in total. The second-order valence-electron chi connectivity index (χ2n) is 10.3. The molecule has 0 aromatic heterocycles. The molecule has 0 saturated carbocycles. The Kier molecular flexibility index (Phi) is 11.5. The van der Waals surface area contributed by atoms with Gasteiger partial charge < -0.3 is 20.1 Å². The van der Waals surface area contributed by atoms with E-state index in [9.17, 15) is 19.5 Å². The zero-order chi connectivity index (χ0) is 30.6. The van der Waals surface area contributed by atoms with Crippen molar-refractivity contribution in [2.45, 2.75) is 52.2 Å². The average Bonchev–Trinajstić information content (AvgIpc) is 3.02. The summed E-state index contributed by atoms with van der Waals surface area (Å²) in [7, 11) is 0. The van der Waals surface area contributed by atoms with Crippen molar-refractivity contribution in [3.05, 3.63) is 129 Å². The summed E-state index contributed by atoms with van der Waals surface area (Å²) in [6, 6.07) is 29.9. The van der Waals surface area contributed by atoms with Crippen molar-refractivity contribution in [2.24, 2.45) is 0 Å². The maximum Gasteiger partial charge on any atom is 0.394 e. The highest BCUT2D eigenvalue weighted by molar-refractivity contribution is 9.10. The first-order valence-electron chi connectivity index (χ1n) is 14.3. The highest BCUT2D eigenvalue weighted by Gasteiger charge is 2.23. The predicted molar refractivity (Wildman–Crippen MR) is 170 cm³/mol. The number of carboxylic acid groups (broad SMARTS) is 1. The van der Waals surface area contributed by atoms with Crippen LogP contribution in [0.3, 0.4) is 0 Å². The smallest absolute Gasteiger partial charge is 0.394 e. The van der Waals surface area contributed by atoms with E-state index >= 15 is 0 Å². The Balaban J connectivity index is 1.37. The third-order valence-electron chi connectivity index (χ3n) is 6.97. The van der Waals surface area contributed by atoms with Gasteiger partial charge in [-0.25, -0.2) is 4.79 Å². The van der Waals surface area contributed by atoms with Gasteiger partial charge >= 0.3 is 11.9 Å².